The van der Waals surface area contributed by atoms with Gasteiger partial charge in [-0.3, -0.25) is 9.59 Å². The molecule has 1 saturated heterocycles. The molecule has 100 valence electrons. The second-order valence-electron chi connectivity index (χ2n) is 4.47. The first-order valence-corrected chi connectivity index (χ1v) is 6.57. The summed E-state index contributed by atoms with van der Waals surface area (Å²) in [5.74, 6) is 0.0897. The Balaban J connectivity index is 2.02. The van der Waals surface area contributed by atoms with Crippen molar-refractivity contribution in [3.05, 3.63) is 35.9 Å². The number of nitrogens with zero attached hydrogens (tertiary/aromatic N) is 1. The van der Waals surface area contributed by atoms with Gasteiger partial charge < -0.3 is 10.2 Å². The van der Waals surface area contributed by atoms with Crippen LogP contribution in [0.1, 0.15) is 25.3 Å². The van der Waals surface area contributed by atoms with Crippen molar-refractivity contribution >= 4 is 23.6 Å². The van der Waals surface area contributed by atoms with Gasteiger partial charge in [0.05, 0.1) is 0 Å². The maximum Gasteiger partial charge on any atom is 0.243 e. The number of benzene rings is 1. The second kappa shape index (κ2) is 6.18. The van der Waals surface area contributed by atoms with Gasteiger partial charge in [0.25, 0.3) is 0 Å². The predicted molar refractivity (Wildman–Crippen MR) is 75.7 cm³/mol. The highest BCUT2D eigenvalue weighted by Crippen LogP contribution is 2.21. The average molecular weight is 258 g/mol. The minimum atomic E-state index is -0.0960. The molecule has 0 atom stereocenters. The van der Waals surface area contributed by atoms with E-state index in [-0.39, 0.29) is 11.8 Å². The number of amides is 2. The van der Waals surface area contributed by atoms with Crippen LogP contribution in [0, 0.1) is 0 Å². The third kappa shape index (κ3) is 3.44. The Hall–Kier alpha value is -2.10. The van der Waals surface area contributed by atoms with Gasteiger partial charge in [-0.1, -0.05) is 12.1 Å². The minimum absolute atomic E-state index is 0.0960. The minimum Gasteiger partial charge on any atom is -0.353 e. The van der Waals surface area contributed by atoms with Gasteiger partial charge in [0.1, 0.15) is 0 Å². The van der Waals surface area contributed by atoms with Gasteiger partial charge in [-0.15, -0.1) is 0 Å². The molecular weight excluding hydrogens is 240 g/mol. The zero-order valence-corrected chi connectivity index (χ0v) is 11.1. The topological polar surface area (TPSA) is 49.4 Å². The number of hydrogen-bond donors (Lipinski definition) is 1. The van der Waals surface area contributed by atoms with Crippen molar-refractivity contribution in [1.82, 2.24) is 5.32 Å². The molecule has 0 radical (unpaired) electrons. The molecule has 2 rings (SSSR count). The van der Waals surface area contributed by atoms with Crippen LogP contribution in [-0.2, 0) is 9.59 Å². The van der Waals surface area contributed by atoms with Crippen LogP contribution < -0.4 is 10.2 Å². The summed E-state index contributed by atoms with van der Waals surface area (Å²) >= 11 is 0. The highest BCUT2D eigenvalue weighted by molar-refractivity contribution is 5.95. The van der Waals surface area contributed by atoms with Gasteiger partial charge in [-0.05, 0) is 37.1 Å². The number of nitrogens with one attached hydrogen (secondary N) is 1. The first-order chi connectivity index (χ1) is 9.20. The van der Waals surface area contributed by atoms with Crippen LogP contribution in [-0.4, -0.2) is 24.9 Å². The van der Waals surface area contributed by atoms with E-state index < -0.39 is 0 Å². The molecule has 0 unspecified atom stereocenters. The Morgan fingerprint density at radius 1 is 1.37 bits per heavy atom. The van der Waals surface area contributed by atoms with E-state index in [1.165, 1.54) is 6.08 Å². The normalized spacial score (nSPS) is 15.2. The molecule has 4 nitrogen and oxygen atoms in total. The summed E-state index contributed by atoms with van der Waals surface area (Å²) < 4.78 is 0. The van der Waals surface area contributed by atoms with Crippen LogP contribution in [0.2, 0.25) is 0 Å². The SMILES string of the molecule is CCNC(=O)/C=C/c1ccc(N2CCCC2=O)cc1. The summed E-state index contributed by atoms with van der Waals surface area (Å²) in [5, 5.41) is 2.70. The Morgan fingerprint density at radius 2 is 2.11 bits per heavy atom. The van der Waals surface area contributed by atoms with E-state index in [1.807, 2.05) is 31.2 Å². The lowest BCUT2D eigenvalue weighted by Gasteiger charge is -2.15. The zero-order valence-electron chi connectivity index (χ0n) is 11.1. The Labute approximate surface area is 113 Å². The molecule has 19 heavy (non-hydrogen) atoms. The molecule has 1 aromatic carbocycles. The van der Waals surface area contributed by atoms with E-state index in [0.717, 1.165) is 24.2 Å². The van der Waals surface area contributed by atoms with E-state index in [9.17, 15) is 9.59 Å². The average Bonchev–Trinajstić information content (AvgIpc) is 2.84. The fourth-order valence-electron chi connectivity index (χ4n) is 2.09. The lowest BCUT2D eigenvalue weighted by molar-refractivity contribution is -0.117. The van der Waals surface area contributed by atoms with Crippen molar-refractivity contribution in [2.24, 2.45) is 0 Å². The first-order valence-electron chi connectivity index (χ1n) is 6.57. The van der Waals surface area contributed by atoms with Crippen LogP contribution in [0.3, 0.4) is 0 Å². The Bertz CT molecular complexity index is 491. The summed E-state index contributed by atoms with van der Waals surface area (Å²) in [6, 6.07) is 7.66. The summed E-state index contributed by atoms with van der Waals surface area (Å²) in [5.41, 5.74) is 1.87. The molecular formula is C15H18N2O2. The van der Waals surface area contributed by atoms with Gasteiger partial charge in [0, 0.05) is 31.3 Å². The van der Waals surface area contributed by atoms with Gasteiger partial charge in [0.2, 0.25) is 11.8 Å². The molecule has 1 N–H and O–H groups in total. The van der Waals surface area contributed by atoms with Gasteiger partial charge >= 0.3 is 0 Å². The first kappa shape index (κ1) is 13.3. The molecule has 1 heterocycles. The van der Waals surface area contributed by atoms with E-state index in [1.54, 1.807) is 11.0 Å². The van der Waals surface area contributed by atoms with Crippen molar-refractivity contribution in [2.75, 3.05) is 18.0 Å². The Morgan fingerprint density at radius 3 is 2.68 bits per heavy atom. The van der Waals surface area contributed by atoms with Crippen molar-refractivity contribution in [3.8, 4) is 0 Å². The molecule has 1 aromatic rings. The van der Waals surface area contributed by atoms with Crippen molar-refractivity contribution in [2.45, 2.75) is 19.8 Å². The molecule has 4 heteroatoms. The lowest BCUT2D eigenvalue weighted by atomic mass is 10.2. The smallest absolute Gasteiger partial charge is 0.243 e. The summed E-state index contributed by atoms with van der Waals surface area (Å²) in [6.07, 6.45) is 4.84. The van der Waals surface area contributed by atoms with Gasteiger partial charge in [-0.25, -0.2) is 0 Å². The van der Waals surface area contributed by atoms with E-state index in [2.05, 4.69) is 5.32 Å². The van der Waals surface area contributed by atoms with Gasteiger partial charge in [0.15, 0.2) is 0 Å². The predicted octanol–water partition coefficient (Wildman–Crippen LogP) is 1.96. The third-order valence-corrected chi connectivity index (χ3v) is 3.06. The quantitative estimate of drug-likeness (QED) is 0.839. The molecule has 0 spiro atoms. The monoisotopic (exact) mass is 258 g/mol. The fourth-order valence-corrected chi connectivity index (χ4v) is 2.09. The Kier molecular flexibility index (Phi) is 4.34. The maximum absolute atomic E-state index is 11.6. The standard InChI is InChI=1S/C15H18N2O2/c1-2-16-14(18)10-7-12-5-8-13(9-6-12)17-11-3-4-15(17)19/h5-10H,2-4,11H2,1H3,(H,16,18)/b10-7+. The van der Waals surface area contributed by atoms with Gasteiger partial charge in [-0.2, -0.15) is 0 Å². The summed E-state index contributed by atoms with van der Waals surface area (Å²) in [6.45, 7) is 3.31. The van der Waals surface area contributed by atoms with Crippen molar-refractivity contribution in [1.29, 1.82) is 0 Å². The third-order valence-electron chi connectivity index (χ3n) is 3.06. The lowest BCUT2D eigenvalue weighted by Crippen LogP contribution is -2.23. The number of carbonyl (C=O) groups excluding carboxylic acids is 2. The number of rotatable bonds is 4. The largest absolute Gasteiger partial charge is 0.353 e. The van der Waals surface area contributed by atoms with Crippen LogP contribution in [0.4, 0.5) is 5.69 Å². The molecule has 2 amide bonds. The van der Waals surface area contributed by atoms with E-state index in [4.69, 9.17) is 0 Å². The van der Waals surface area contributed by atoms with Crippen molar-refractivity contribution < 1.29 is 9.59 Å². The summed E-state index contributed by atoms with van der Waals surface area (Å²) in [4.78, 5) is 24.7. The molecule has 1 aliphatic rings. The van der Waals surface area contributed by atoms with Crippen LogP contribution in [0.15, 0.2) is 30.3 Å². The number of anilines is 1. The molecule has 1 fully saturated rings. The van der Waals surface area contributed by atoms with Crippen LogP contribution in [0.5, 0.6) is 0 Å². The molecule has 1 aliphatic heterocycles. The number of likely N-dealkylation sites (N-methyl/N-ethyl adjacent to an activating group) is 1. The molecule has 0 aliphatic carbocycles. The molecule has 0 aromatic heterocycles. The zero-order chi connectivity index (χ0) is 13.7. The van der Waals surface area contributed by atoms with Crippen LogP contribution >= 0.6 is 0 Å². The van der Waals surface area contributed by atoms with Crippen LogP contribution in [0.25, 0.3) is 6.08 Å². The van der Waals surface area contributed by atoms with E-state index in [0.29, 0.717) is 13.0 Å². The highest BCUT2D eigenvalue weighted by Gasteiger charge is 2.21. The molecule has 0 bridgehead atoms. The molecule has 0 saturated carbocycles. The fraction of sp³-hybridized carbons (Fsp3) is 0.333. The van der Waals surface area contributed by atoms with E-state index >= 15 is 0 Å². The maximum atomic E-state index is 11.6. The second-order valence-corrected chi connectivity index (χ2v) is 4.47. The number of carbonyl (C=O) groups is 2. The van der Waals surface area contributed by atoms with Crippen molar-refractivity contribution in [3.63, 3.8) is 0 Å². The highest BCUT2D eigenvalue weighted by atomic mass is 16.2. The number of hydrogen-bond acceptors (Lipinski definition) is 2. The summed E-state index contributed by atoms with van der Waals surface area (Å²) in [7, 11) is 0.